The number of likely N-dealkylation sites (tertiary alicyclic amines) is 1. The van der Waals surface area contributed by atoms with Crippen molar-refractivity contribution >= 4 is 5.91 Å². The van der Waals surface area contributed by atoms with Gasteiger partial charge in [0.15, 0.2) is 0 Å². The van der Waals surface area contributed by atoms with Crippen LogP contribution in [-0.2, 0) is 0 Å². The van der Waals surface area contributed by atoms with Gasteiger partial charge in [0.1, 0.15) is 6.61 Å². The van der Waals surface area contributed by atoms with Gasteiger partial charge in [0.2, 0.25) is 0 Å². The third-order valence-corrected chi connectivity index (χ3v) is 3.53. The minimum Gasteiger partial charge on any atom is -0.384 e. The molecule has 0 spiro atoms. The van der Waals surface area contributed by atoms with Gasteiger partial charge in [0.25, 0.3) is 5.91 Å². The number of aromatic nitrogens is 1. The molecular weight excluding hydrogens is 254 g/mol. The number of nitrogens with zero attached hydrogens (tertiary/aromatic N) is 3. The molecular formula is C15H19N3O2. The molecule has 1 aliphatic heterocycles. The zero-order valence-electron chi connectivity index (χ0n) is 11.8. The SMILES string of the molecule is CN(C)C1CCN(C(=O)c2ccncc2C#CCO)C1. The zero-order chi connectivity index (χ0) is 14.5. The van der Waals surface area contributed by atoms with Crippen LogP contribution in [0, 0.1) is 11.8 Å². The number of rotatable bonds is 2. The lowest BCUT2D eigenvalue weighted by atomic mass is 10.1. The molecule has 1 amide bonds. The molecule has 5 nitrogen and oxygen atoms in total. The van der Waals surface area contributed by atoms with Gasteiger partial charge in [-0.05, 0) is 26.6 Å². The van der Waals surface area contributed by atoms with Crippen molar-refractivity contribution in [2.24, 2.45) is 0 Å². The molecule has 0 bridgehead atoms. The van der Waals surface area contributed by atoms with E-state index in [2.05, 4.69) is 21.7 Å². The van der Waals surface area contributed by atoms with Gasteiger partial charge >= 0.3 is 0 Å². The van der Waals surface area contributed by atoms with Crippen molar-refractivity contribution in [2.45, 2.75) is 12.5 Å². The van der Waals surface area contributed by atoms with E-state index in [1.54, 1.807) is 18.5 Å². The molecule has 1 atom stereocenters. The van der Waals surface area contributed by atoms with E-state index in [4.69, 9.17) is 5.11 Å². The first-order chi connectivity index (χ1) is 9.63. The second kappa shape index (κ2) is 6.51. The molecule has 106 valence electrons. The number of likely N-dealkylation sites (N-methyl/N-ethyl adjacent to an activating group) is 1. The van der Waals surface area contributed by atoms with E-state index in [0.717, 1.165) is 19.5 Å². The minimum atomic E-state index is -0.227. The number of carbonyl (C=O) groups excluding carboxylic acids is 1. The highest BCUT2D eigenvalue weighted by molar-refractivity contribution is 5.96. The largest absolute Gasteiger partial charge is 0.384 e. The maximum Gasteiger partial charge on any atom is 0.255 e. The molecule has 1 N–H and O–H groups in total. The Balaban J connectivity index is 2.18. The molecule has 20 heavy (non-hydrogen) atoms. The monoisotopic (exact) mass is 273 g/mol. The Morgan fingerprint density at radius 2 is 2.40 bits per heavy atom. The number of pyridine rings is 1. The van der Waals surface area contributed by atoms with E-state index in [-0.39, 0.29) is 12.5 Å². The highest BCUT2D eigenvalue weighted by atomic mass is 16.2. The molecule has 2 rings (SSSR count). The molecule has 1 aliphatic rings. The number of aliphatic hydroxyl groups is 1. The normalized spacial score (nSPS) is 18.0. The third kappa shape index (κ3) is 3.16. The number of aliphatic hydroxyl groups excluding tert-OH is 1. The van der Waals surface area contributed by atoms with Crippen molar-refractivity contribution in [1.82, 2.24) is 14.8 Å². The highest BCUT2D eigenvalue weighted by Crippen LogP contribution is 2.17. The summed E-state index contributed by atoms with van der Waals surface area (Å²) in [5, 5.41) is 8.77. The van der Waals surface area contributed by atoms with Gasteiger partial charge in [0.05, 0.1) is 11.1 Å². The lowest BCUT2D eigenvalue weighted by Crippen LogP contribution is -2.34. The fourth-order valence-corrected chi connectivity index (χ4v) is 2.33. The van der Waals surface area contributed by atoms with Crippen LogP contribution in [0.2, 0.25) is 0 Å². The van der Waals surface area contributed by atoms with Crippen LogP contribution in [0.15, 0.2) is 18.5 Å². The Hall–Kier alpha value is -1.90. The van der Waals surface area contributed by atoms with Gasteiger partial charge in [-0.15, -0.1) is 0 Å². The Bertz CT molecular complexity index is 546. The Kier molecular flexibility index (Phi) is 4.72. The lowest BCUT2D eigenvalue weighted by Gasteiger charge is -2.20. The summed E-state index contributed by atoms with van der Waals surface area (Å²) >= 11 is 0. The lowest BCUT2D eigenvalue weighted by molar-refractivity contribution is 0.0782. The summed E-state index contributed by atoms with van der Waals surface area (Å²) in [4.78, 5) is 20.5. The number of hydrogen-bond donors (Lipinski definition) is 1. The zero-order valence-corrected chi connectivity index (χ0v) is 11.8. The van der Waals surface area contributed by atoms with E-state index in [1.807, 2.05) is 19.0 Å². The van der Waals surface area contributed by atoms with E-state index < -0.39 is 0 Å². The molecule has 5 heteroatoms. The van der Waals surface area contributed by atoms with Crippen LogP contribution in [0.5, 0.6) is 0 Å². The molecule has 0 saturated carbocycles. The van der Waals surface area contributed by atoms with Crippen molar-refractivity contribution < 1.29 is 9.90 Å². The molecule has 1 unspecified atom stereocenters. The summed E-state index contributed by atoms with van der Waals surface area (Å²) in [5.41, 5.74) is 1.13. The summed E-state index contributed by atoms with van der Waals surface area (Å²) in [6.07, 6.45) is 4.15. The summed E-state index contributed by atoms with van der Waals surface area (Å²) in [5.74, 6) is 5.33. The van der Waals surface area contributed by atoms with Crippen LogP contribution in [0.4, 0.5) is 0 Å². The smallest absolute Gasteiger partial charge is 0.255 e. The van der Waals surface area contributed by atoms with E-state index in [9.17, 15) is 4.79 Å². The van der Waals surface area contributed by atoms with Crippen molar-refractivity contribution in [1.29, 1.82) is 0 Å². The fourth-order valence-electron chi connectivity index (χ4n) is 2.33. The second-order valence-electron chi connectivity index (χ2n) is 5.04. The molecule has 2 heterocycles. The average molecular weight is 273 g/mol. The van der Waals surface area contributed by atoms with Crippen molar-refractivity contribution in [2.75, 3.05) is 33.8 Å². The minimum absolute atomic E-state index is 0.0148. The van der Waals surface area contributed by atoms with Crippen LogP contribution in [0.25, 0.3) is 0 Å². The van der Waals surface area contributed by atoms with Gasteiger partial charge in [-0.2, -0.15) is 0 Å². The number of hydrogen-bond acceptors (Lipinski definition) is 4. The molecule has 1 aromatic rings. The summed E-state index contributed by atoms with van der Waals surface area (Å²) in [6.45, 7) is 1.27. The average Bonchev–Trinajstić information content (AvgIpc) is 2.94. The van der Waals surface area contributed by atoms with Gasteiger partial charge in [-0.25, -0.2) is 0 Å². The van der Waals surface area contributed by atoms with Gasteiger partial charge < -0.3 is 14.9 Å². The first kappa shape index (κ1) is 14.5. The summed E-state index contributed by atoms with van der Waals surface area (Å²) < 4.78 is 0. The molecule has 0 aliphatic carbocycles. The maximum absolute atomic E-state index is 12.5. The van der Waals surface area contributed by atoms with Gasteiger partial charge in [-0.3, -0.25) is 9.78 Å². The number of amides is 1. The molecule has 0 aromatic carbocycles. The number of carbonyl (C=O) groups is 1. The third-order valence-electron chi connectivity index (χ3n) is 3.53. The highest BCUT2D eigenvalue weighted by Gasteiger charge is 2.28. The van der Waals surface area contributed by atoms with Crippen LogP contribution in [0.3, 0.4) is 0 Å². The first-order valence-corrected chi connectivity index (χ1v) is 6.63. The molecule has 1 saturated heterocycles. The first-order valence-electron chi connectivity index (χ1n) is 6.63. The van der Waals surface area contributed by atoms with Crippen molar-refractivity contribution in [3.05, 3.63) is 29.6 Å². The molecule has 1 aromatic heterocycles. The maximum atomic E-state index is 12.5. The Labute approximate surface area is 119 Å². The fraction of sp³-hybridized carbons (Fsp3) is 0.467. The van der Waals surface area contributed by atoms with Crippen molar-refractivity contribution in [3.63, 3.8) is 0 Å². The molecule has 1 fully saturated rings. The van der Waals surface area contributed by atoms with Crippen LogP contribution >= 0.6 is 0 Å². The summed E-state index contributed by atoms with van der Waals surface area (Å²) in [7, 11) is 4.06. The quantitative estimate of drug-likeness (QED) is 0.782. The van der Waals surface area contributed by atoms with Crippen molar-refractivity contribution in [3.8, 4) is 11.8 Å². The van der Waals surface area contributed by atoms with E-state index >= 15 is 0 Å². The van der Waals surface area contributed by atoms with Gasteiger partial charge in [-0.1, -0.05) is 11.8 Å². The second-order valence-corrected chi connectivity index (χ2v) is 5.04. The summed E-state index contributed by atoms with van der Waals surface area (Å²) in [6, 6.07) is 2.10. The van der Waals surface area contributed by atoms with Crippen LogP contribution in [-0.4, -0.2) is 65.6 Å². The standard InChI is InChI=1S/C15H19N3O2/c1-17(2)13-6-8-18(11-13)15(20)14-5-7-16-10-12(14)4-3-9-19/h5,7,10,13,19H,6,8-9,11H2,1-2H3. The van der Waals surface area contributed by atoms with Gasteiger partial charge in [0, 0.05) is 31.5 Å². The van der Waals surface area contributed by atoms with E-state index in [0.29, 0.717) is 17.2 Å². The molecule has 0 radical (unpaired) electrons. The topological polar surface area (TPSA) is 56.7 Å². The predicted molar refractivity (Wildman–Crippen MR) is 76.2 cm³/mol. The predicted octanol–water partition coefficient (Wildman–Crippen LogP) is 0.201. The van der Waals surface area contributed by atoms with Crippen LogP contribution < -0.4 is 0 Å². The van der Waals surface area contributed by atoms with E-state index in [1.165, 1.54) is 0 Å². The Morgan fingerprint density at radius 3 is 3.05 bits per heavy atom. The Morgan fingerprint density at radius 1 is 1.60 bits per heavy atom. The van der Waals surface area contributed by atoms with Crippen LogP contribution in [0.1, 0.15) is 22.3 Å².